The number of benzene rings is 1. The molecular formula is C10H9F3N4. The Hall–Kier alpha value is -2.05. The molecule has 4 nitrogen and oxygen atoms in total. The molecule has 90 valence electrons. The van der Waals surface area contributed by atoms with E-state index < -0.39 is 11.7 Å². The van der Waals surface area contributed by atoms with E-state index in [9.17, 15) is 13.2 Å². The molecule has 1 aromatic heterocycles. The van der Waals surface area contributed by atoms with Crippen LogP contribution in [0.25, 0.3) is 11.3 Å². The molecule has 0 aliphatic carbocycles. The lowest BCUT2D eigenvalue weighted by molar-refractivity contribution is -0.137. The molecule has 2 N–H and O–H groups in total. The zero-order valence-electron chi connectivity index (χ0n) is 8.86. The maximum atomic E-state index is 12.8. The van der Waals surface area contributed by atoms with Crippen LogP contribution in [-0.2, 0) is 13.2 Å². The van der Waals surface area contributed by atoms with Crippen LogP contribution in [0.3, 0.4) is 0 Å². The van der Waals surface area contributed by atoms with Gasteiger partial charge in [-0.1, -0.05) is 23.4 Å². The maximum absolute atomic E-state index is 12.8. The number of nitrogens with zero attached hydrogens (tertiary/aromatic N) is 3. The van der Waals surface area contributed by atoms with Crippen molar-refractivity contribution in [1.29, 1.82) is 0 Å². The average molecular weight is 242 g/mol. The molecular weight excluding hydrogens is 233 g/mol. The van der Waals surface area contributed by atoms with E-state index in [2.05, 4.69) is 10.3 Å². The van der Waals surface area contributed by atoms with Crippen LogP contribution in [-0.4, -0.2) is 15.0 Å². The summed E-state index contributed by atoms with van der Waals surface area (Å²) in [5, 5.41) is 7.24. The van der Waals surface area contributed by atoms with Crippen LogP contribution in [0.2, 0.25) is 0 Å². The zero-order valence-corrected chi connectivity index (χ0v) is 8.86. The van der Waals surface area contributed by atoms with Crippen LogP contribution < -0.4 is 5.73 Å². The minimum atomic E-state index is -4.44. The lowest BCUT2D eigenvalue weighted by atomic mass is 10.0. The number of nitrogen functional groups attached to an aromatic ring is 1. The minimum absolute atomic E-state index is 0.0421. The topological polar surface area (TPSA) is 56.7 Å². The van der Waals surface area contributed by atoms with E-state index in [1.807, 2.05) is 0 Å². The molecule has 2 rings (SSSR count). The fourth-order valence-electron chi connectivity index (χ4n) is 1.49. The van der Waals surface area contributed by atoms with Gasteiger partial charge in [0, 0.05) is 12.6 Å². The van der Waals surface area contributed by atoms with Gasteiger partial charge in [-0.2, -0.15) is 13.2 Å². The molecule has 0 bridgehead atoms. The highest BCUT2D eigenvalue weighted by atomic mass is 19.4. The van der Waals surface area contributed by atoms with Gasteiger partial charge in [0.25, 0.3) is 0 Å². The molecule has 0 atom stereocenters. The fourth-order valence-corrected chi connectivity index (χ4v) is 1.49. The van der Waals surface area contributed by atoms with E-state index in [-0.39, 0.29) is 17.1 Å². The van der Waals surface area contributed by atoms with Gasteiger partial charge in [-0.15, -0.1) is 5.10 Å². The van der Waals surface area contributed by atoms with Crippen molar-refractivity contribution in [2.75, 3.05) is 5.73 Å². The molecule has 2 aromatic rings. The molecule has 7 heteroatoms. The van der Waals surface area contributed by atoms with E-state index in [0.717, 1.165) is 6.07 Å². The summed E-state index contributed by atoms with van der Waals surface area (Å²) in [5.74, 6) is 0.0988. The highest BCUT2D eigenvalue weighted by Crippen LogP contribution is 2.37. The number of hydrogen-bond donors (Lipinski definition) is 1. The molecule has 0 amide bonds. The molecule has 0 aliphatic rings. The third-order valence-electron chi connectivity index (χ3n) is 2.36. The summed E-state index contributed by atoms with van der Waals surface area (Å²) < 4.78 is 39.6. The summed E-state index contributed by atoms with van der Waals surface area (Å²) in [6.45, 7) is 0. The van der Waals surface area contributed by atoms with Crippen LogP contribution in [0, 0.1) is 0 Å². The van der Waals surface area contributed by atoms with E-state index in [1.165, 1.54) is 29.9 Å². The first-order chi connectivity index (χ1) is 7.91. The molecule has 17 heavy (non-hydrogen) atoms. The second-order valence-corrected chi connectivity index (χ2v) is 3.49. The maximum Gasteiger partial charge on any atom is 0.417 e. The summed E-state index contributed by atoms with van der Waals surface area (Å²) in [4.78, 5) is 0. The van der Waals surface area contributed by atoms with Gasteiger partial charge in [0.2, 0.25) is 0 Å². The first-order valence-corrected chi connectivity index (χ1v) is 4.73. The Balaban J connectivity index is 2.64. The highest BCUT2D eigenvalue weighted by Gasteiger charge is 2.34. The van der Waals surface area contributed by atoms with Crippen molar-refractivity contribution in [3.63, 3.8) is 0 Å². The summed E-state index contributed by atoms with van der Waals surface area (Å²) in [6, 6.07) is 5.13. The fraction of sp³-hybridized carbons (Fsp3) is 0.200. The normalized spacial score (nSPS) is 11.8. The van der Waals surface area contributed by atoms with Crippen molar-refractivity contribution >= 4 is 5.82 Å². The number of rotatable bonds is 1. The van der Waals surface area contributed by atoms with E-state index in [0.29, 0.717) is 0 Å². The van der Waals surface area contributed by atoms with Crippen LogP contribution in [0.5, 0.6) is 0 Å². The molecule has 1 aromatic carbocycles. The number of nitrogens with two attached hydrogens (primary N) is 1. The highest BCUT2D eigenvalue weighted by molar-refractivity contribution is 5.73. The predicted octanol–water partition coefficient (Wildman–Crippen LogP) is 2.08. The van der Waals surface area contributed by atoms with Crippen molar-refractivity contribution in [2.45, 2.75) is 6.18 Å². The van der Waals surface area contributed by atoms with Gasteiger partial charge in [-0.3, -0.25) is 0 Å². The average Bonchev–Trinajstić information content (AvgIpc) is 2.59. The van der Waals surface area contributed by atoms with Gasteiger partial charge in [0.15, 0.2) is 0 Å². The Morgan fingerprint density at radius 2 is 1.88 bits per heavy atom. The molecule has 0 spiro atoms. The number of halogens is 3. The van der Waals surface area contributed by atoms with Gasteiger partial charge in [-0.25, -0.2) is 4.68 Å². The zero-order chi connectivity index (χ0) is 12.6. The van der Waals surface area contributed by atoms with Crippen molar-refractivity contribution in [3.05, 3.63) is 29.8 Å². The second-order valence-electron chi connectivity index (χ2n) is 3.49. The van der Waals surface area contributed by atoms with Gasteiger partial charge in [-0.05, 0) is 6.07 Å². The van der Waals surface area contributed by atoms with Crippen LogP contribution in [0.4, 0.5) is 19.0 Å². The second kappa shape index (κ2) is 3.76. The van der Waals surface area contributed by atoms with Gasteiger partial charge >= 0.3 is 6.18 Å². The van der Waals surface area contributed by atoms with Gasteiger partial charge < -0.3 is 5.73 Å². The largest absolute Gasteiger partial charge is 0.417 e. The Bertz CT molecular complexity index is 545. The lowest BCUT2D eigenvalue weighted by Gasteiger charge is -2.10. The monoisotopic (exact) mass is 242 g/mol. The summed E-state index contributed by atoms with van der Waals surface area (Å²) in [6.07, 6.45) is -4.44. The first-order valence-electron chi connectivity index (χ1n) is 4.73. The number of aryl methyl sites for hydroxylation is 1. The lowest BCUT2D eigenvalue weighted by Crippen LogP contribution is -2.07. The van der Waals surface area contributed by atoms with Crippen LogP contribution in [0.15, 0.2) is 24.3 Å². The number of anilines is 1. The van der Waals surface area contributed by atoms with E-state index >= 15 is 0 Å². The first kappa shape index (κ1) is 11.4. The third kappa shape index (κ3) is 1.95. The molecule has 0 unspecified atom stereocenters. The van der Waals surface area contributed by atoms with Crippen molar-refractivity contribution in [3.8, 4) is 11.3 Å². The van der Waals surface area contributed by atoms with E-state index in [1.54, 1.807) is 0 Å². The molecule has 0 fully saturated rings. The van der Waals surface area contributed by atoms with Crippen molar-refractivity contribution in [1.82, 2.24) is 15.0 Å². The minimum Gasteiger partial charge on any atom is -0.382 e. The molecule has 1 heterocycles. The number of alkyl halides is 3. The predicted molar refractivity (Wildman–Crippen MR) is 55.9 cm³/mol. The number of hydrogen-bond acceptors (Lipinski definition) is 3. The molecule has 0 radical (unpaired) electrons. The Labute approximate surface area is 94.9 Å². The van der Waals surface area contributed by atoms with Gasteiger partial charge in [0.05, 0.1) is 5.56 Å². The number of aromatic nitrogens is 3. The standard InChI is InChI=1S/C10H9F3N4/c1-17-9(14)8(15-16-17)6-4-2-3-5-7(6)10(11,12)13/h2-5H,14H2,1H3. The summed E-state index contributed by atoms with van der Waals surface area (Å²) in [7, 11) is 1.52. The Morgan fingerprint density at radius 1 is 1.24 bits per heavy atom. The quantitative estimate of drug-likeness (QED) is 0.832. The van der Waals surface area contributed by atoms with Crippen molar-refractivity contribution < 1.29 is 13.2 Å². The summed E-state index contributed by atoms with van der Waals surface area (Å²) >= 11 is 0. The van der Waals surface area contributed by atoms with Crippen molar-refractivity contribution in [2.24, 2.45) is 7.05 Å². The molecule has 0 saturated carbocycles. The smallest absolute Gasteiger partial charge is 0.382 e. The van der Waals surface area contributed by atoms with Gasteiger partial charge in [0.1, 0.15) is 11.5 Å². The molecule has 0 aliphatic heterocycles. The Kier molecular flexibility index (Phi) is 2.53. The van der Waals surface area contributed by atoms with E-state index in [4.69, 9.17) is 5.73 Å². The SMILES string of the molecule is Cn1nnc(-c2ccccc2C(F)(F)F)c1N. The molecule has 0 saturated heterocycles. The van der Waals surface area contributed by atoms with Crippen LogP contribution in [0.1, 0.15) is 5.56 Å². The van der Waals surface area contributed by atoms with Crippen LogP contribution >= 0.6 is 0 Å². The third-order valence-corrected chi connectivity index (χ3v) is 2.36. The Morgan fingerprint density at radius 3 is 2.41 bits per heavy atom. The summed E-state index contributed by atoms with van der Waals surface area (Å²) in [5.41, 5.74) is 4.82.